The standard InChI is InChI=1S/C15H19FO2/c1-3-4-5-6-9-12(2)18-15(17)13-10-7-8-11-14(13)16/h6-12H,3-5H2,1-2H3/b9-6+. The van der Waals surface area contributed by atoms with Gasteiger partial charge < -0.3 is 4.74 Å². The Bertz CT molecular complexity index is 413. The molecule has 1 rings (SSSR count). The lowest BCUT2D eigenvalue weighted by molar-refractivity contribution is 0.0419. The molecule has 0 aliphatic heterocycles. The van der Waals surface area contributed by atoms with Crippen molar-refractivity contribution in [1.29, 1.82) is 0 Å². The Balaban J connectivity index is 2.50. The molecule has 1 atom stereocenters. The Morgan fingerprint density at radius 2 is 2.17 bits per heavy atom. The molecule has 0 fully saturated rings. The first-order chi connectivity index (χ1) is 8.65. The van der Waals surface area contributed by atoms with E-state index in [2.05, 4.69) is 6.92 Å². The van der Waals surface area contributed by atoms with E-state index in [0.29, 0.717) is 0 Å². The van der Waals surface area contributed by atoms with Crippen LogP contribution in [0.1, 0.15) is 43.5 Å². The Hall–Kier alpha value is -1.64. The number of benzene rings is 1. The van der Waals surface area contributed by atoms with Gasteiger partial charge in [0, 0.05) is 0 Å². The van der Waals surface area contributed by atoms with Crippen molar-refractivity contribution in [2.75, 3.05) is 0 Å². The largest absolute Gasteiger partial charge is 0.455 e. The zero-order chi connectivity index (χ0) is 13.4. The molecule has 2 nitrogen and oxygen atoms in total. The third-order valence-electron chi connectivity index (χ3n) is 2.52. The number of hydrogen-bond donors (Lipinski definition) is 0. The van der Waals surface area contributed by atoms with E-state index < -0.39 is 11.8 Å². The molecule has 0 heterocycles. The van der Waals surface area contributed by atoms with Crippen LogP contribution in [0, 0.1) is 5.82 Å². The first-order valence-corrected chi connectivity index (χ1v) is 6.27. The number of ether oxygens (including phenoxy) is 1. The summed E-state index contributed by atoms with van der Waals surface area (Å²) in [4.78, 5) is 11.7. The number of carbonyl (C=O) groups excluding carboxylic acids is 1. The third kappa shape index (κ3) is 4.70. The van der Waals surface area contributed by atoms with Gasteiger partial charge in [-0.25, -0.2) is 9.18 Å². The van der Waals surface area contributed by atoms with Crippen LogP contribution in [-0.4, -0.2) is 12.1 Å². The molecular formula is C15H19FO2. The smallest absolute Gasteiger partial charge is 0.341 e. The van der Waals surface area contributed by atoms with Crippen LogP contribution in [0.2, 0.25) is 0 Å². The van der Waals surface area contributed by atoms with Gasteiger partial charge in [-0.05, 0) is 31.6 Å². The normalized spacial score (nSPS) is 12.6. The molecule has 0 aliphatic carbocycles. The molecule has 0 amide bonds. The van der Waals surface area contributed by atoms with E-state index >= 15 is 0 Å². The summed E-state index contributed by atoms with van der Waals surface area (Å²) in [6.45, 7) is 3.89. The van der Waals surface area contributed by atoms with E-state index in [-0.39, 0.29) is 11.7 Å². The molecule has 98 valence electrons. The molecule has 0 saturated carbocycles. The zero-order valence-corrected chi connectivity index (χ0v) is 10.9. The van der Waals surface area contributed by atoms with E-state index in [0.717, 1.165) is 19.3 Å². The number of esters is 1. The van der Waals surface area contributed by atoms with Gasteiger partial charge >= 0.3 is 5.97 Å². The average Bonchev–Trinajstić information content (AvgIpc) is 2.35. The maximum Gasteiger partial charge on any atom is 0.341 e. The lowest BCUT2D eigenvalue weighted by Crippen LogP contribution is -2.14. The van der Waals surface area contributed by atoms with Crippen molar-refractivity contribution in [3.8, 4) is 0 Å². The molecule has 1 aromatic carbocycles. The van der Waals surface area contributed by atoms with Crippen LogP contribution in [0.3, 0.4) is 0 Å². The Labute approximate surface area is 107 Å². The zero-order valence-electron chi connectivity index (χ0n) is 10.9. The summed E-state index contributed by atoms with van der Waals surface area (Å²) in [5, 5.41) is 0. The summed E-state index contributed by atoms with van der Waals surface area (Å²) < 4.78 is 18.5. The van der Waals surface area contributed by atoms with Crippen molar-refractivity contribution in [2.45, 2.75) is 39.2 Å². The molecule has 0 spiro atoms. The number of hydrogen-bond acceptors (Lipinski definition) is 2. The summed E-state index contributed by atoms with van der Waals surface area (Å²) >= 11 is 0. The second-order valence-corrected chi connectivity index (χ2v) is 4.16. The molecule has 0 aromatic heterocycles. The first kappa shape index (κ1) is 14.4. The van der Waals surface area contributed by atoms with Crippen LogP contribution in [0.5, 0.6) is 0 Å². The van der Waals surface area contributed by atoms with E-state index in [1.807, 2.05) is 12.2 Å². The van der Waals surface area contributed by atoms with Crippen LogP contribution in [0.15, 0.2) is 36.4 Å². The van der Waals surface area contributed by atoms with Crippen LogP contribution in [-0.2, 0) is 4.74 Å². The molecule has 0 saturated heterocycles. The van der Waals surface area contributed by atoms with Gasteiger partial charge in [0.25, 0.3) is 0 Å². The predicted octanol–water partition coefficient (Wildman–Crippen LogP) is 4.12. The van der Waals surface area contributed by atoms with Crippen molar-refractivity contribution in [3.63, 3.8) is 0 Å². The fourth-order valence-corrected chi connectivity index (χ4v) is 1.51. The summed E-state index contributed by atoms with van der Waals surface area (Å²) in [7, 11) is 0. The number of unbranched alkanes of at least 4 members (excludes halogenated alkanes) is 2. The number of allylic oxidation sites excluding steroid dienone is 1. The third-order valence-corrected chi connectivity index (χ3v) is 2.52. The highest BCUT2D eigenvalue weighted by atomic mass is 19.1. The van der Waals surface area contributed by atoms with Gasteiger partial charge in [0.05, 0.1) is 5.56 Å². The molecule has 1 aromatic rings. The minimum atomic E-state index is -0.624. The maximum absolute atomic E-state index is 13.3. The molecule has 0 bridgehead atoms. The number of rotatable bonds is 6. The lowest BCUT2D eigenvalue weighted by atomic mass is 10.2. The minimum absolute atomic E-state index is 0.0219. The predicted molar refractivity (Wildman–Crippen MR) is 69.9 cm³/mol. The average molecular weight is 250 g/mol. The fraction of sp³-hybridized carbons (Fsp3) is 0.400. The van der Waals surface area contributed by atoms with Gasteiger partial charge in [0.15, 0.2) is 0 Å². The van der Waals surface area contributed by atoms with Crippen molar-refractivity contribution >= 4 is 5.97 Å². The second kappa shape index (κ2) is 7.64. The van der Waals surface area contributed by atoms with Gasteiger partial charge in [-0.1, -0.05) is 38.0 Å². The first-order valence-electron chi connectivity index (χ1n) is 6.27. The van der Waals surface area contributed by atoms with E-state index in [9.17, 15) is 9.18 Å². The number of halogens is 1. The molecule has 0 aliphatic rings. The lowest BCUT2D eigenvalue weighted by Gasteiger charge is -2.09. The topological polar surface area (TPSA) is 26.3 Å². The SMILES string of the molecule is CCCC/C=C/C(C)OC(=O)c1ccccc1F. The molecule has 0 radical (unpaired) electrons. The highest BCUT2D eigenvalue weighted by Gasteiger charge is 2.13. The van der Waals surface area contributed by atoms with Gasteiger partial charge in [-0.3, -0.25) is 0 Å². The van der Waals surface area contributed by atoms with Crippen LogP contribution < -0.4 is 0 Å². The summed E-state index contributed by atoms with van der Waals surface area (Å²) in [5.41, 5.74) is -0.0219. The monoisotopic (exact) mass is 250 g/mol. The van der Waals surface area contributed by atoms with Gasteiger partial charge in [0.2, 0.25) is 0 Å². The van der Waals surface area contributed by atoms with E-state index in [4.69, 9.17) is 4.74 Å². The van der Waals surface area contributed by atoms with Crippen molar-refractivity contribution in [3.05, 3.63) is 47.8 Å². The molecule has 1 unspecified atom stereocenters. The van der Waals surface area contributed by atoms with Crippen LogP contribution in [0.4, 0.5) is 4.39 Å². The number of carbonyl (C=O) groups is 1. The molecule has 3 heteroatoms. The summed E-state index contributed by atoms with van der Waals surface area (Å²) in [6.07, 6.45) is 6.70. The molecule has 0 N–H and O–H groups in total. The Morgan fingerprint density at radius 1 is 1.44 bits per heavy atom. The van der Waals surface area contributed by atoms with E-state index in [1.54, 1.807) is 19.1 Å². The molecule has 18 heavy (non-hydrogen) atoms. The fourth-order valence-electron chi connectivity index (χ4n) is 1.51. The van der Waals surface area contributed by atoms with Gasteiger partial charge in [-0.2, -0.15) is 0 Å². The highest BCUT2D eigenvalue weighted by molar-refractivity contribution is 5.89. The quantitative estimate of drug-likeness (QED) is 0.431. The Morgan fingerprint density at radius 3 is 2.83 bits per heavy atom. The summed E-state index contributed by atoms with van der Waals surface area (Å²) in [5.74, 6) is -1.18. The van der Waals surface area contributed by atoms with E-state index in [1.165, 1.54) is 12.1 Å². The maximum atomic E-state index is 13.3. The van der Waals surface area contributed by atoms with Gasteiger partial charge in [0.1, 0.15) is 11.9 Å². The van der Waals surface area contributed by atoms with Crippen molar-refractivity contribution in [2.24, 2.45) is 0 Å². The highest BCUT2D eigenvalue weighted by Crippen LogP contribution is 2.10. The second-order valence-electron chi connectivity index (χ2n) is 4.16. The van der Waals surface area contributed by atoms with Crippen LogP contribution in [0.25, 0.3) is 0 Å². The van der Waals surface area contributed by atoms with Crippen molar-refractivity contribution < 1.29 is 13.9 Å². The minimum Gasteiger partial charge on any atom is -0.455 e. The Kier molecular flexibility index (Phi) is 6.12. The van der Waals surface area contributed by atoms with Crippen LogP contribution >= 0.6 is 0 Å². The molecular weight excluding hydrogens is 231 g/mol. The summed E-state index contributed by atoms with van der Waals surface area (Å²) in [6, 6.07) is 5.82. The van der Waals surface area contributed by atoms with Crippen molar-refractivity contribution in [1.82, 2.24) is 0 Å². The van der Waals surface area contributed by atoms with Gasteiger partial charge in [-0.15, -0.1) is 0 Å².